The van der Waals surface area contributed by atoms with Crippen molar-refractivity contribution in [2.45, 2.75) is 6.61 Å². The maximum absolute atomic E-state index is 10.7. The second-order valence-electron chi connectivity index (χ2n) is 3.94. The van der Waals surface area contributed by atoms with Crippen molar-refractivity contribution >= 4 is 27.3 Å². The predicted octanol–water partition coefficient (Wildman–Crippen LogP) is 3.52. The lowest BCUT2D eigenvalue weighted by Crippen LogP contribution is -1.98. The molecule has 19 heavy (non-hydrogen) atoms. The van der Waals surface area contributed by atoms with E-state index in [0.29, 0.717) is 18.0 Å². The fourth-order valence-electron chi connectivity index (χ4n) is 1.59. The first kappa shape index (κ1) is 13.4. The van der Waals surface area contributed by atoms with Gasteiger partial charge in [-0.2, -0.15) is 0 Å². The normalized spacial score (nSPS) is 10.2. The molecule has 0 bridgehead atoms. The Balaban J connectivity index is 2.13. The van der Waals surface area contributed by atoms with Crippen LogP contribution < -0.4 is 10.5 Å². The molecule has 0 aliphatic carbocycles. The molecule has 0 fully saturated rings. The highest BCUT2D eigenvalue weighted by Gasteiger charge is 2.09. The minimum absolute atomic E-state index is 0.0794. The van der Waals surface area contributed by atoms with Gasteiger partial charge in [0.05, 0.1) is 11.0 Å². The molecule has 0 radical (unpaired) electrons. The third-order valence-corrected chi connectivity index (χ3v) is 2.91. The number of nitrogen functional groups attached to an aromatic ring is 1. The van der Waals surface area contributed by atoms with E-state index in [9.17, 15) is 10.1 Å². The van der Waals surface area contributed by atoms with Crippen LogP contribution in [0.2, 0.25) is 0 Å². The van der Waals surface area contributed by atoms with E-state index >= 15 is 0 Å². The molecule has 5 nitrogen and oxygen atoms in total. The molecule has 6 heteroatoms. The summed E-state index contributed by atoms with van der Waals surface area (Å²) in [4.78, 5) is 10.2. The van der Waals surface area contributed by atoms with Crippen molar-refractivity contribution in [3.63, 3.8) is 0 Å². The Labute approximate surface area is 118 Å². The number of hydrogen-bond donors (Lipinski definition) is 1. The van der Waals surface area contributed by atoms with Crippen molar-refractivity contribution < 1.29 is 9.66 Å². The van der Waals surface area contributed by atoms with Crippen LogP contribution in [0, 0.1) is 10.1 Å². The number of benzene rings is 2. The highest BCUT2D eigenvalue weighted by atomic mass is 79.9. The molecule has 0 spiro atoms. The maximum atomic E-state index is 10.7. The van der Waals surface area contributed by atoms with Gasteiger partial charge in [0.15, 0.2) is 0 Å². The van der Waals surface area contributed by atoms with Crippen LogP contribution in [0.25, 0.3) is 0 Å². The molecular formula is C13H11BrN2O3. The van der Waals surface area contributed by atoms with Gasteiger partial charge in [0, 0.05) is 22.3 Å². The SMILES string of the molecule is Nc1cc(OCc2cccc(Br)c2)cc([N+](=O)[O-])c1. The first-order valence-corrected chi connectivity index (χ1v) is 6.26. The van der Waals surface area contributed by atoms with E-state index in [2.05, 4.69) is 15.9 Å². The lowest BCUT2D eigenvalue weighted by atomic mass is 10.2. The number of nitrogens with zero attached hydrogens (tertiary/aromatic N) is 1. The van der Waals surface area contributed by atoms with Crippen LogP contribution in [-0.2, 0) is 6.61 Å². The first-order chi connectivity index (χ1) is 9.04. The number of non-ortho nitro benzene ring substituents is 1. The molecule has 0 saturated heterocycles. The van der Waals surface area contributed by atoms with E-state index in [4.69, 9.17) is 10.5 Å². The summed E-state index contributed by atoms with van der Waals surface area (Å²) in [7, 11) is 0. The Morgan fingerprint density at radius 3 is 2.74 bits per heavy atom. The van der Waals surface area contributed by atoms with Crippen molar-refractivity contribution in [2.75, 3.05) is 5.73 Å². The van der Waals surface area contributed by atoms with Crippen LogP contribution in [0.15, 0.2) is 46.9 Å². The Morgan fingerprint density at radius 2 is 2.05 bits per heavy atom. The Bertz CT molecular complexity index is 617. The molecule has 0 aromatic heterocycles. The topological polar surface area (TPSA) is 78.4 Å². The van der Waals surface area contributed by atoms with Crippen molar-refractivity contribution in [1.29, 1.82) is 0 Å². The van der Waals surface area contributed by atoms with Gasteiger partial charge in [-0.1, -0.05) is 28.1 Å². The zero-order chi connectivity index (χ0) is 13.8. The van der Waals surface area contributed by atoms with Crippen LogP contribution in [0.3, 0.4) is 0 Å². The second-order valence-corrected chi connectivity index (χ2v) is 4.85. The molecule has 2 aromatic carbocycles. The molecule has 2 aromatic rings. The highest BCUT2D eigenvalue weighted by molar-refractivity contribution is 9.10. The number of rotatable bonds is 4. The van der Waals surface area contributed by atoms with Crippen LogP contribution in [0.1, 0.15) is 5.56 Å². The highest BCUT2D eigenvalue weighted by Crippen LogP contribution is 2.25. The largest absolute Gasteiger partial charge is 0.489 e. The monoisotopic (exact) mass is 322 g/mol. The zero-order valence-electron chi connectivity index (χ0n) is 9.88. The van der Waals surface area contributed by atoms with E-state index < -0.39 is 4.92 Å². The third-order valence-electron chi connectivity index (χ3n) is 2.42. The molecule has 0 aliphatic rings. The summed E-state index contributed by atoms with van der Waals surface area (Å²) < 4.78 is 6.46. The molecule has 98 valence electrons. The lowest BCUT2D eigenvalue weighted by Gasteiger charge is -2.07. The van der Waals surface area contributed by atoms with E-state index in [1.54, 1.807) is 6.07 Å². The molecule has 2 rings (SSSR count). The lowest BCUT2D eigenvalue weighted by molar-refractivity contribution is -0.384. The molecule has 0 heterocycles. The number of hydrogen-bond acceptors (Lipinski definition) is 4. The standard InChI is InChI=1S/C13H11BrN2O3/c14-10-3-1-2-9(4-10)8-19-13-6-11(15)5-12(7-13)16(17)18/h1-7H,8,15H2. The number of anilines is 1. The van der Waals surface area contributed by atoms with Crippen molar-refractivity contribution in [2.24, 2.45) is 0 Å². The van der Waals surface area contributed by atoms with E-state index in [1.165, 1.54) is 12.1 Å². The summed E-state index contributed by atoms with van der Waals surface area (Å²) in [5.74, 6) is 0.381. The molecule has 0 amide bonds. The first-order valence-electron chi connectivity index (χ1n) is 5.47. The van der Waals surface area contributed by atoms with Gasteiger partial charge in [-0.3, -0.25) is 10.1 Å². The smallest absolute Gasteiger partial charge is 0.275 e. The molecule has 0 saturated carbocycles. The molecule has 0 atom stereocenters. The van der Waals surface area contributed by atoms with Gasteiger partial charge in [-0.25, -0.2) is 0 Å². The summed E-state index contributed by atoms with van der Waals surface area (Å²) >= 11 is 3.37. The van der Waals surface area contributed by atoms with Crippen LogP contribution in [0.4, 0.5) is 11.4 Å². The number of nitro groups is 1. The van der Waals surface area contributed by atoms with Gasteiger partial charge in [-0.15, -0.1) is 0 Å². The molecule has 0 aliphatic heterocycles. The van der Waals surface area contributed by atoms with Gasteiger partial charge in [0.25, 0.3) is 5.69 Å². The Kier molecular flexibility index (Phi) is 4.01. The quantitative estimate of drug-likeness (QED) is 0.530. The summed E-state index contributed by atoms with van der Waals surface area (Å²) in [6.07, 6.45) is 0. The number of ether oxygens (including phenoxy) is 1. The number of nitrogens with two attached hydrogens (primary N) is 1. The van der Waals surface area contributed by atoms with Gasteiger partial charge in [0.2, 0.25) is 0 Å². The van der Waals surface area contributed by atoms with Gasteiger partial charge >= 0.3 is 0 Å². The minimum Gasteiger partial charge on any atom is -0.489 e. The average Bonchev–Trinajstić information content (AvgIpc) is 2.36. The van der Waals surface area contributed by atoms with Crippen LogP contribution in [0.5, 0.6) is 5.75 Å². The van der Waals surface area contributed by atoms with Gasteiger partial charge < -0.3 is 10.5 Å². The van der Waals surface area contributed by atoms with E-state index in [0.717, 1.165) is 10.0 Å². The fourth-order valence-corrected chi connectivity index (χ4v) is 2.03. The molecule has 0 unspecified atom stereocenters. The van der Waals surface area contributed by atoms with E-state index in [1.807, 2.05) is 24.3 Å². The number of halogens is 1. The van der Waals surface area contributed by atoms with E-state index in [-0.39, 0.29) is 5.69 Å². The summed E-state index contributed by atoms with van der Waals surface area (Å²) in [6.45, 7) is 0.319. The van der Waals surface area contributed by atoms with Gasteiger partial charge in [0.1, 0.15) is 12.4 Å². The van der Waals surface area contributed by atoms with Gasteiger partial charge in [-0.05, 0) is 17.7 Å². The Hall–Kier alpha value is -2.08. The summed E-state index contributed by atoms with van der Waals surface area (Å²) in [5.41, 5.74) is 6.78. The number of nitro benzene ring substituents is 1. The predicted molar refractivity (Wildman–Crippen MR) is 76.0 cm³/mol. The molecule has 2 N–H and O–H groups in total. The third kappa shape index (κ3) is 3.69. The van der Waals surface area contributed by atoms with Crippen LogP contribution >= 0.6 is 15.9 Å². The Morgan fingerprint density at radius 1 is 1.26 bits per heavy atom. The zero-order valence-corrected chi connectivity index (χ0v) is 11.5. The van der Waals surface area contributed by atoms with Crippen molar-refractivity contribution in [3.05, 3.63) is 62.6 Å². The van der Waals surface area contributed by atoms with Crippen LogP contribution in [-0.4, -0.2) is 4.92 Å². The van der Waals surface area contributed by atoms with Crippen molar-refractivity contribution in [3.8, 4) is 5.75 Å². The average molecular weight is 323 g/mol. The molecular weight excluding hydrogens is 312 g/mol. The summed E-state index contributed by atoms with van der Waals surface area (Å²) in [6, 6.07) is 11.8. The fraction of sp³-hybridized carbons (Fsp3) is 0.0769. The van der Waals surface area contributed by atoms with Crippen molar-refractivity contribution in [1.82, 2.24) is 0 Å². The minimum atomic E-state index is -0.498. The summed E-state index contributed by atoms with van der Waals surface area (Å²) in [5, 5.41) is 10.7. The maximum Gasteiger partial charge on any atom is 0.275 e. The second kappa shape index (κ2) is 5.71.